The minimum Gasteiger partial charge on any atom is -0.309 e. The average Bonchev–Trinajstić information content (AvgIpc) is 3.39. The van der Waals surface area contributed by atoms with Gasteiger partial charge in [0.1, 0.15) is 10.7 Å². The first-order valence-corrected chi connectivity index (χ1v) is 11.8. The fourth-order valence-electron chi connectivity index (χ4n) is 4.91. The quantitative estimate of drug-likeness (QED) is 0.273. The average molecular weight is 442 g/mol. The van der Waals surface area contributed by atoms with Crippen molar-refractivity contribution in [3.8, 4) is 16.9 Å². The highest BCUT2D eigenvalue weighted by molar-refractivity contribution is 7.25. The van der Waals surface area contributed by atoms with Crippen LogP contribution in [0.1, 0.15) is 5.82 Å². The molecule has 0 radical (unpaired) electrons. The van der Waals surface area contributed by atoms with Gasteiger partial charge in [0.05, 0.1) is 16.7 Å². The Balaban J connectivity index is 1.57. The third-order valence-corrected chi connectivity index (χ3v) is 7.38. The number of hydrogen-bond donors (Lipinski definition) is 0. The smallest absolute Gasteiger partial charge is 0.128 e. The minimum absolute atomic E-state index is 0.802. The zero-order valence-electron chi connectivity index (χ0n) is 18.0. The highest BCUT2D eigenvalue weighted by Gasteiger charge is 2.17. The van der Waals surface area contributed by atoms with E-state index >= 15 is 0 Å². The van der Waals surface area contributed by atoms with Crippen LogP contribution < -0.4 is 0 Å². The topological polar surface area (TPSA) is 30.7 Å². The Morgan fingerprint density at radius 2 is 1.39 bits per heavy atom. The first kappa shape index (κ1) is 18.5. The molecule has 4 aromatic carbocycles. The maximum absolute atomic E-state index is 4.93. The second-order valence-electron chi connectivity index (χ2n) is 8.32. The summed E-state index contributed by atoms with van der Waals surface area (Å²) in [4.78, 5) is 10.7. The third-order valence-electron chi connectivity index (χ3n) is 6.31. The molecule has 0 aliphatic rings. The maximum atomic E-state index is 4.93. The van der Waals surface area contributed by atoms with Crippen LogP contribution in [0.4, 0.5) is 0 Å². The molecular formula is C29H19N3S. The van der Waals surface area contributed by atoms with Gasteiger partial charge in [-0.2, -0.15) is 0 Å². The molecule has 0 amide bonds. The summed E-state index contributed by atoms with van der Waals surface area (Å²) < 4.78 is 3.59. The summed E-state index contributed by atoms with van der Waals surface area (Å²) in [6, 6.07) is 34.4. The number of benzene rings is 4. The van der Waals surface area contributed by atoms with E-state index in [4.69, 9.17) is 9.97 Å². The van der Waals surface area contributed by atoms with E-state index in [9.17, 15) is 0 Å². The largest absolute Gasteiger partial charge is 0.309 e. The monoisotopic (exact) mass is 441 g/mol. The van der Waals surface area contributed by atoms with E-state index in [1.807, 2.05) is 6.92 Å². The molecule has 0 saturated carbocycles. The standard InChI is InChI=1S/C29H19N3S/c1-18-30-28(27-22-12-6-8-14-26(22)33-29(27)31-18)19-15-16-25-23(17-19)21-11-5-7-13-24(21)32(25)20-9-3-2-4-10-20/h2-17H,1H3. The second-order valence-corrected chi connectivity index (χ2v) is 9.35. The van der Waals surface area contributed by atoms with Gasteiger partial charge in [0.15, 0.2) is 0 Å². The van der Waals surface area contributed by atoms with Gasteiger partial charge in [-0.05, 0) is 43.3 Å². The lowest BCUT2D eigenvalue weighted by Gasteiger charge is -2.08. The van der Waals surface area contributed by atoms with E-state index in [0.717, 1.165) is 27.3 Å². The normalized spacial score (nSPS) is 11.8. The van der Waals surface area contributed by atoms with Crippen molar-refractivity contribution in [2.75, 3.05) is 0 Å². The molecule has 0 spiro atoms. The second kappa shape index (κ2) is 6.99. The minimum atomic E-state index is 0.802. The van der Waals surface area contributed by atoms with Crippen molar-refractivity contribution in [2.24, 2.45) is 0 Å². The van der Waals surface area contributed by atoms with Crippen LogP contribution in [0, 0.1) is 6.92 Å². The first-order chi connectivity index (χ1) is 16.3. The predicted molar refractivity (Wildman–Crippen MR) is 139 cm³/mol. The summed E-state index contributed by atoms with van der Waals surface area (Å²) in [5, 5.41) is 4.85. The van der Waals surface area contributed by atoms with E-state index in [2.05, 4.69) is 102 Å². The molecule has 3 nitrogen and oxygen atoms in total. The zero-order chi connectivity index (χ0) is 21.9. The van der Waals surface area contributed by atoms with Gasteiger partial charge < -0.3 is 4.57 Å². The first-order valence-electron chi connectivity index (χ1n) is 11.0. The van der Waals surface area contributed by atoms with E-state index in [1.165, 1.54) is 37.6 Å². The molecule has 0 bridgehead atoms. The molecular weight excluding hydrogens is 422 g/mol. The zero-order valence-corrected chi connectivity index (χ0v) is 18.8. The van der Waals surface area contributed by atoms with Crippen LogP contribution in [0.25, 0.3) is 59.1 Å². The van der Waals surface area contributed by atoms with Crippen LogP contribution in [-0.4, -0.2) is 14.5 Å². The Bertz CT molecular complexity index is 1830. The van der Waals surface area contributed by atoms with E-state index in [1.54, 1.807) is 11.3 Å². The third kappa shape index (κ3) is 2.74. The van der Waals surface area contributed by atoms with Crippen LogP contribution in [0.15, 0.2) is 97.1 Å². The fraction of sp³-hybridized carbons (Fsp3) is 0.0345. The van der Waals surface area contributed by atoms with Gasteiger partial charge in [-0.1, -0.05) is 60.7 Å². The summed E-state index contributed by atoms with van der Waals surface area (Å²) in [5.41, 5.74) is 5.70. The predicted octanol–water partition coefficient (Wildman–Crippen LogP) is 7.92. The van der Waals surface area contributed by atoms with Crippen molar-refractivity contribution in [3.63, 3.8) is 0 Å². The van der Waals surface area contributed by atoms with Crippen molar-refractivity contribution in [1.82, 2.24) is 14.5 Å². The molecule has 33 heavy (non-hydrogen) atoms. The fourth-order valence-corrected chi connectivity index (χ4v) is 6.04. The number of fused-ring (bicyclic) bond motifs is 6. The molecule has 7 aromatic rings. The number of rotatable bonds is 2. The molecule has 3 heterocycles. The summed E-state index contributed by atoms with van der Waals surface area (Å²) in [7, 11) is 0. The summed E-state index contributed by atoms with van der Waals surface area (Å²) >= 11 is 1.74. The van der Waals surface area contributed by atoms with Crippen LogP contribution >= 0.6 is 11.3 Å². The molecule has 0 atom stereocenters. The van der Waals surface area contributed by atoms with E-state index < -0.39 is 0 Å². The molecule has 0 aliphatic heterocycles. The van der Waals surface area contributed by atoms with E-state index in [0.29, 0.717) is 0 Å². The van der Waals surface area contributed by atoms with Crippen molar-refractivity contribution >= 4 is 53.4 Å². The van der Waals surface area contributed by atoms with Crippen molar-refractivity contribution in [1.29, 1.82) is 0 Å². The molecule has 0 N–H and O–H groups in total. The van der Waals surface area contributed by atoms with Crippen LogP contribution in [0.3, 0.4) is 0 Å². The number of hydrogen-bond acceptors (Lipinski definition) is 3. The SMILES string of the molecule is Cc1nc(-c2ccc3c(c2)c2ccccc2n3-c2ccccc2)c2c(n1)sc1ccccc12. The van der Waals surface area contributed by atoms with Gasteiger partial charge in [-0.3, -0.25) is 0 Å². The number of aryl methyl sites for hydroxylation is 1. The number of nitrogens with zero attached hydrogens (tertiary/aromatic N) is 3. The van der Waals surface area contributed by atoms with Gasteiger partial charge in [0, 0.05) is 37.5 Å². The Kier molecular flexibility index (Phi) is 3.93. The maximum Gasteiger partial charge on any atom is 0.128 e. The van der Waals surface area contributed by atoms with Crippen LogP contribution in [-0.2, 0) is 0 Å². The summed E-state index contributed by atoms with van der Waals surface area (Å²) in [6.07, 6.45) is 0. The van der Waals surface area contributed by atoms with Crippen molar-refractivity contribution in [2.45, 2.75) is 6.92 Å². The van der Waals surface area contributed by atoms with Crippen molar-refractivity contribution < 1.29 is 0 Å². The van der Waals surface area contributed by atoms with Gasteiger partial charge in [-0.25, -0.2) is 9.97 Å². The molecule has 3 aromatic heterocycles. The molecule has 0 aliphatic carbocycles. The van der Waals surface area contributed by atoms with Gasteiger partial charge in [0.25, 0.3) is 0 Å². The van der Waals surface area contributed by atoms with Crippen LogP contribution in [0.2, 0.25) is 0 Å². The number of thiophene rings is 1. The van der Waals surface area contributed by atoms with Gasteiger partial charge in [0.2, 0.25) is 0 Å². The lowest BCUT2D eigenvalue weighted by Crippen LogP contribution is -1.94. The Morgan fingerprint density at radius 1 is 0.667 bits per heavy atom. The molecule has 4 heteroatoms. The highest BCUT2D eigenvalue weighted by Crippen LogP contribution is 2.40. The Hall–Kier alpha value is -4.02. The number of aromatic nitrogens is 3. The Labute approximate surface area is 194 Å². The molecule has 0 unspecified atom stereocenters. The highest BCUT2D eigenvalue weighted by atomic mass is 32.1. The molecule has 0 fully saturated rings. The molecule has 0 saturated heterocycles. The Morgan fingerprint density at radius 3 is 2.27 bits per heavy atom. The number of para-hydroxylation sites is 2. The lowest BCUT2D eigenvalue weighted by molar-refractivity contribution is 1.10. The molecule has 156 valence electrons. The molecule has 7 rings (SSSR count). The van der Waals surface area contributed by atoms with Crippen molar-refractivity contribution in [3.05, 3.63) is 103 Å². The van der Waals surface area contributed by atoms with E-state index in [-0.39, 0.29) is 0 Å². The van der Waals surface area contributed by atoms with Gasteiger partial charge >= 0.3 is 0 Å². The van der Waals surface area contributed by atoms with Crippen LogP contribution in [0.5, 0.6) is 0 Å². The summed E-state index contributed by atoms with van der Waals surface area (Å²) in [6.45, 7) is 1.98. The van der Waals surface area contributed by atoms with Gasteiger partial charge in [-0.15, -0.1) is 11.3 Å². The lowest BCUT2D eigenvalue weighted by atomic mass is 10.0. The summed E-state index contributed by atoms with van der Waals surface area (Å²) in [5.74, 6) is 0.802.